The molecule has 3 aliphatic heterocycles. The molecule has 1 N–H and O–H groups in total. The van der Waals surface area contributed by atoms with Crippen molar-refractivity contribution in [1.29, 1.82) is 5.26 Å². The standard InChI is InChI=1S/C23H27F4N5O4S/c24-18-6-5-16(19(9-18)23(25,26)27)11-29-21(33)20-4-2-8-32(20)22(34)17-3-1-7-30(14-17)37(35,36)31-12-15(10-28)13-31/h5-6,9,15,17,20H,1-4,7-8,11-14H2,(H,29,33)/t17?,20-/m1/s1. The van der Waals surface area contributed by atoms with Crippen LogP contribution >= 0.6 is 0 Å². The van der Waals surface area contributed by atoms with E-state index in [0.29, 0.717) is 31.7 Å². The van der Waals surface area contributed by atoms with Gasteiger partial charge < -0.3 is 10.2 Å². The van der Waals surface area contributed by atoms with Crippen molar-refractivity contribution in [2.45, 2.75) is 44.4 Å². The Bertz CT molecular complexity index is 1200. The fraction of sp³-hybridized carbons (Fsp3) is 0.609. The zero-order chi connectivity index (χ0) is 27.0. The number of halogens is 4. The maximum Gasteiger partial charge on any atom is 0.416 e. The lowest BCUT2D eigenvalue weighted by Gasteiger charge is -2.41. The first-order valence-corrected chi connectivity index (χ1v) is 13.4. The van der Waals surface area contributed by atoms with Crippen molar-refractivity contribution in [3.63, 3.8) is 0 Å². The van der Waals surface area contributed by atoms with E-state index >= 15 is 0 Å². The molecule has 0 aromatic heterocycles. The van der Waals surface area contributed by atoms with Gasteiger partial charge in [0.2, 0.25) is 11.8 Å². The summed E-state index contributed by atoms with van der Waals surface area (Å²) in [6.07, 6.45) is -3.05. The molecule has 0 bridgehead atoms. The maximum absolute atomic E-state index is 13.4. The van der Waals surface area contributed by atoms with Crippen LogP contribution in [-0.4, -0.2) is 72.5 Å². The van der Waals surface area contributed by atoms with Crippen LogP contribution in [0.15, 0.2) is 18.2 Å². The first kappa shape index (κ1) is 27.3. The van der Waals surface area contributed by atoms with Crippen molar-refractivity contribution >= 4 is 22.0 Å². The normalized spacial score (nSPS) is 23.9. The Morgan fingerprint density at radius 1 is 1.08 bits per heavy atom. The number of carbonyl (C=O) groups excluding carboxylic acids is 2. The summed E-state index contributed by atoms with van der Waals surface area (Å²) in [6.45, 7) is 0.244. The number of nitrogens with one attached hydrogen (secondary N) is 1. The molecule has 37 heavy (non-hydrogen) atoms. The van der Waals surface area contributed by atoms with Crippen LogP contribution in [-0.2, 0) is 32.5 Å². The van der Waals surface area contributed by atoms with Crippen molar-refractivity contribution in [2.75, 3.05) is 32.7 Å². The fourth-order valence-corrected chi connectivity index (χ4v) is 6.82. The summed E-state index contributed by atoms with van der Waals surface area (Å²) >= 11 is 0. The second-order valence-electron chi connectivity index (χ2n) is 9.55. The van der Waals surface area contributed by atoms with Crippen LogP contribution in [0, 0.1) is 29.0 Å². The van der Waals surface area contributed by atoms with E-state index in [4.69, 9.17) is 5.26 Å². The van der Waals surface area contributed by atoms with Crippen LogP contribution in [0.5, 0.6) is 0 Å². The molecule has 3 saturated heterocycles. The number of hydrogen-bond acceptors (Lipinski definition) is 5. The van der Waals surface area contributed by atoms with Crippen LogP contribution in [0.2, 0.25) is 0 Å². The fourth-order valence-electron chi connectivity index (χ4n) is 5.03. The van der Waals surface area contributed by atoms with Gasteiger partial charge in [0.1, 0.15) is 11.9 Å². The highest BCUT2D eigenvalue weighted by atomic mass is 32.2. The SMILES string of the molecule is N#CC1CN(S(=O)(=O)N2CCCC(C(=O)N3CCC[C@@H]3C(=O)NCc3ccc(F)cc3C(F)(F)F)C2)C1. The average Bonchev–Trinajstić information content (AvgIpc) is 3.31. The molecule has 1 aromatic carbocycles. The Labute approximate surface area is 212 Å². The van der Waals surface area contributed by atoms with E-state index < -0.39 is 52.2 Å². The van der Waals surface area contributed by atoms with Gasteiger partial charge in [0.25, 0.3) is 10.2 Å². The van der Waals surface area contributed by atoms with Crippen LogP contribution in [0.25, 0.3) is 0 Å². The molecule has 0 radical (unpaired) electrons. The van der Waals surface area contributed by atoms with Gasteiger partial charge >= 0.3 is 6.18 Å². The van der Waals surface area contributed by atoms with E-state index in [1.165, 1.54) is 13.5 Å². The van der Waals surface area contributed by atoms with E-state index in [1.54, 1.807) is 0 Å². The Kier molecular flexibility index (Phi) is 7.77. The van der Waals surface area contributed by atoms with Crippen LogP contribution in [0.1, 0.15) is 36.8 Å². The van der Waals surface area contributed by atoms with E-state index in [1.807, 2.05) is 6.07 Å². The quantitative estimate of drug-likeness (QED) is 0.549. The number of carbonyl (C=O) groups is 2. The van der Waals surface area contributed by atoms with Gasteiger partial charge in [-0.15, -0.1) is 0 Å². The zero-order valence-corrected chi connectivity index (χ0v) is 20.7. The Morgan fingerprint density at radius 3 is 2.46 bits per heavy atom. The molecule has 3 aliphatic rings. The van der Waals surface area contributed by atoms with Gasteiger partial charge in [-0.3, -0.25) is 9.59 Å². The molecule has 3 heterocycles. The summed E-state index contributed by atoms with van der Waals surface area (Å²) in [6, 6.07) is 3.35. The monoisotopic (exact) mass is 545 g/mol. The lowest BCUT2D eigenvalue weighted by molar-refractivity contribution is -0.142. The number of alkyl halides is 3. The van der Waals surface area contributed by atoms with Gasteiger partial charge in [-0.2, -0.15) is 35.5 Å². The van der Waals surface area contributed by atoms with Crippen molar-refractivity contribution in [1.82, 2.24) is 18.8 Å². The van der Waals surface area contributed by atoms with E-state index in [0.717, 1.165) is 12.1 Å². The number of nitriles is 1. The Hall–Kier alpha value is -2.76. The molecule has 1 unspecified atom stereocenters. The Morgan fingerprint density at radius 2 is 1.78 bits per heavy atom. The highest BCUT2D eigenvalue weighted by molar-refractivity contribution is 7.86. The molecule has 0 saturated carbocycles. The summed E-state index contributed by atoms with van der Waals surface area (Å²) in [5.74, 6) is -3.03. The van der Waals surface area contributed by atoms with E-state index in [9.17, 15) is 35.6 Å². The van der Waals surface area contributed by atoms with Gasteiger partial charge in [0, 0.05) is 39.3 Å². The number of nitrogens with zero attached hydrogens (tertiary/aromatic N) is 4. The van der Waals surface area contributed by atoms with Gasteiger partial charge in [-0.05, 0) is 43.4 Å². The van der Waals surface area contributed by atoms with Gasteiger partial charge in [0.05, 0.1) is 23.5 Å². The highest BCUT2D eigenvalue weighted by Gasteiger charge is 2.44. The van der Waals surface area contributed by atoms with Crippen LogP contribution in [0.3, 0.4) is 0 Å². The van der Waals surface area contributed by atoms with Gasteiger partial charge in [-0.1, -0.05) is 6.07 Å². The maximum atomic E-state index is 13.4. The lowest BCUT2D eigenvalue weighted by Crippen LogP contribution is -2.57. The molecular weight excluding hydrogens is 518 g/mol. The molecule has 0 aliphatic carbocycles. The topological polar surface area (TPSA) is 114 Å². The molecule has 3 fully saturated rings. The molecule has 202 valence electrons. The second kappa shape index (κ2) is 10.5. The number of piperidine rings is 1. The third-order valence-electron chi connectivity index (χ3n) is 7.09. The zero-order valence-electron chi connectivity index (χ0n) is 19.9. The summed E-state index contributed by atoms with van der Waals surface area (Å²) < 4.78 is 81.3. The summed E-state index contributed by atoms with van der Waals surface area (Å²) in [4.78, 5) is 27.6. The van der Waals surface area contributed by atoms with Crippen molar-refractivity contribution in [2.24, 2.45) is 11.8 Å². The molecule has 2 amide bonds. The average molecular weight is 546 g/mol. The predicted molar refractivity (Wildman–Crippen MR) is 122 cm³/mol. The third-order valence-corrected chi connectivity index (χ3v) is 9.02. The molecule has 4 rings (SSSR count). The third kappa shape index (κ3) is 5.73. The largest absolute Gasteiger partial charge is 0.416 e. The van der Waals surface area contributed by atoms with E-state index in [2.05, 4.69) is 5.32 Å². The molecular formula is C23H27F4N5O4S. The first-order chi connectivity index (χ1) is 17.4. The van der Waals surface area contributed by atoms with Crippen molar-refractivity contribution in [3.05, 3.63) is 35.1 Å². The number of rotatable bonds is 6. The van der Waals surface area contributed by atoms with Crippen LogP contribution < -0.4 is 5.32 Å². The predicted octanol–water partition coefficient (Wildman–Crippen LogP) is 1.86. The highest BCUT2D eigenvalue weighted by Crippen LogP contribution is 2.33. The summed E-state index contributed by atoms with van der Waals surface area (Å²) in [5.41, 5.74) is -1.48. The van der Waals surface area contributed by atoms with Gasteiger partial charge in [-0.25, -0.2) is 4.39 Å². The minimum absolute atomic E-state index is 0.0375. The first-order valence-electron chi connectivity index (χ1n) is 12.0. The minimum atomic E-state index is -4.80. The van der Waals surface area contributed by atoms with Crippen LogP contribution in [0.4, 0.5) is 17.6 Å². The lowest BCUT2D eigenvalue weighted by atomic mass is 9.97. The molecule has 14 heteroatoms. The number of likely N-dealkylation sites (tertiary alicyclic amines) is 1. The second-order valence-corrected chi connectivity index (χ2v) is 11.5. The van der Waals surface area contributed by atoms with Crippen molar-refractivity contribution in [3.8, 4) is 6.07 Å². The smallest absolute Gasteiger partial charge is 0.350 e. The molecule has 0 spiro atoms. The number of benzene rings is 1. The Balaban J connectivity index is 1.39. The molecule has 2 atom stereocenters. The summed E-state index contributed by atoms with van der Waals surface area (Å²) in [7, 11) is -3.80. The molecule has 9 nitrogen and oxygen atoms in total. The number of hydrogen-bond donors (Lipinski definition) is 1. The van der Waals surface area contributed by atoms with Gasteiger partial charge in [0.15, 0.2) is 0 Å². The van der Waals surface area contributed by atoms with E-state index in [-0.39, 0.29) is 50.1 Å². The summed E-state index contributed by atoms with van der Waals surface area (Å²) in [5, 5.41) is 11.4. The van der Waals surface area contributed by atoms with Crippen molar-refractivity contribution < 1.29 is 35.6 Å². The minimum Gasteiger partial charge on any atom is -0.350 e. The number of amides is 2. The molecule has 1 aromatic rings.